The van der Waals surface area contributed by atoms with Gasteiger partial charge in [0.05, 0.1) is 0 Å². The molecule has 0 aliphatic rings. The van der Waals surface area contributed by atoms with Crippen LogP contribution < -0.4 is 11.1 Å². The van der Waals surface area contributed by atoms with Crippen molar-refractivity contribution < 1.29 is 0 Å². The first kappa shape index (κ1) is 12.7. The molecule has 0 aliphatic carbocycles. The average Bonchev–Trinajstić information content (AvgIpc) is 2.32. The normalized spacial score (nSPS) is 13.6. The monoisotopic (exact) mass is 243 g/mol. The van der Waals surface area contributed by atoms with Gasteiger partial charge in [-0.15, -0.1) is 0 Å². The maximum absolute atomic E-state index is 5.99. The Kier molecular flexibility index (Phi) is 3.16. The second-order valence-electron chi connectivity index (χ2n) is 5.86. The quantitative estimate of drug-likeness (QED) is 0.791. The van der Waals surface area contributed by atoms with Crippen LogP contribution in [0.3, 0.4) is 0 Å². The highest BCUT2D eigenvalue weighted by molar-refractivity contribution is 6.00. The molecule has 0 saturated heterocycles. The maximum Gasteiger partial charge on any atom is 0.0439 e. The van der Waals surface area contributed by atoms with Crippen LogP contribution >= 0.6 is 0 Å². The summed E-state index contributed by atoms with van der Waals surface area (Å²) in [6.45, 7) is 8.87. The van der Waals surface area contributed by atoms with E-state index in [4.69, 9.17) is 5.73 Å². The van der Waals surface area contributed by atoms with Gasteiger partial charge in [-0.1, -0.05) is 20.8 Å². The van der Waals surface area contributed by atoms with Crippen LogP contribution in [0.5, 0.6) is 0 Å². The number of hydrogen-bond acceptors (Lipinski definition) is 3. The van der Waals surface area contributed by atoms with Crippen molar-refractivity contribution in [3.63, 3.8) is 0 Å². The Labute approximate surface area is 108 Å². The van der Waals surface area contributed by atoms with E-state index in [9.17, 15) is 0 Å². The highest BCUT2D eigenvalue weighted by Gasteiger charge is 2.20. The minimum Gasteiger partial charge on any atom is -0.398 e. The molecule has 0 bridgehead atoms. The Hall–Kier alpha value is -1.77. The Bertz CT molecular complexity index is 555. The number of anilines is 2. The SMILES string of the molecule is CC(Nc1ccc(N)c2ccncc12)C(C)(C)C. The first-order chi connectivity index (χ1) is 8.39. The summed E-state index contributed by atoms with van der Waals surface area (Å²) >= 11 is 0. The van der Waals surface area contributed by atoms with Crippen LogP contribution in [0.4, 0.5) is 11.4 Å². The molecule has 0 aliphatic heterocycles. The van der Waals surface area contributed by atoms with Crippen molar-refractivity contribution in [3.05, 3.63) is 30.6 Å². The molecule has 96 valence electrons. The second kappa shape index (κ2) is 4.48. The predicted molar refractivity (Wildman–Crippen MR) is 78.7 cm³/mol. The fraction of sp³-hybridized carbons (Fsp3) is 0.400. The molecule has 3 nitrogen and oxygen atoms in total. The molecule has 1 heterocycles. The van der Waals surface area contributed by atoms with E-state index < -0.39 is 0 Å². The minimum atomic E-state index is 0.204. The molecule has 1 atom stereocenters. The van der Waals surface area contributed by atoms with E-state index in [1.165, 1.54) is 0 Å². The van der Waals surface area contributed by atoms with Gasteiger partial charge < -0.3 is 11.1 Å². The summed E-state index contributed by atoms with van der Waals surface area (Å²) in [5.74, 6) is 0. The number of pyridine rings is 1. The molecule has 1 aromatic heterocycles. The van der Waals surface area contributed by atoms with Crippen LogP contribution in [-0.4, -0.2) is 11.0 Å². The lowest BCUT2D eigenvalue weighted by molar-refractivity contribution is 0.359. The number of nitrogens with two attached hydrogens (primary N) is 1. The summed E-state index contributed by atoms with van der Waals surface area (Å²) in [4.78, 5) is 4.19. The van der Waals surface area contributed by atoms with E-state index in [1.807, 2.05) is 24.4 Å². The van der Waals surface area contributed by atoms with Crippen LogP contribution in [0.1, 0.15) is 27.7 Å². The van der Waals surface area contributed by atoms with Gasteiger partial charge in [-0.25, -0.2) is 0 Å². The van der Waals surface area contributed by atoms with E-state index in [1.54, 1.807) is 6.20 Å². The lowest BCUT2D eigenvalue weighted by Crippen LogP contribution is -2.30. The summed E-state index contributed by atoms with van der Waals surface area (Å²) in [5, 5.41) is 5.69. The summed E-state index contributed by atoms with van der Waals surface area (Å²) in [6.07, 6.45) is 3.64. The van der Waals surface area contributed by atoms with Crippen molar-refractivity contribution in [3.8, 4) is 0 Å². The van der Waals surface area contributed by atoms with Gasteiger partial charge in [0.15, 0.2) is 0 Å². The molecular formula is C15H21N3. The lowest BCUT2D eigenvalue weighted by Gasteiger charge is -2.29. The number of fused-ring (bicyclic) bond motifs is 1. The van der Waals surface area contributed by atoms with Gasteiger partial charge in [0.1, 0.15) is 0 Å². The van der Waals surface area contributed by atoms with E-state index in [0.717, 1.165) is 22.1 Å². The fourth-order valence-corrected chi connectivity index (χ4v) is 1.79. The zero-order valence-corrected chi connectivity index (χ0v) is 11.5. The number of rotatable bonds is 2. The maximum atomic E-state index is 5.99. The van der Waals surface area contributed by atoms with Gasteiger partial charge in [0.25, 0.3) is 0 Å². The number of nitrogen functional groups attached to an aromatic ring is 1. The molecule has 0 saturated carbocycles. The van der Waals surface area contributed by atoms with Crippen molar-refractivity contribution in [2.24, 2.45) is 5.41 Å². The number of nitrogens with zero attached hydrogens (tertiary/aromatic N) is 1. The molecule has 0 spiro atoms. The molecule has 0 amide bonds. The molecule has 2 rings (SSSR count). The highest BCUT2D eigenvalue weighted by Crippen LogP contribution is 2.30. The average molecular weight is 243 g/mol. The first-order valence-electron chi connectivity index (χ1n) is 6.28. The smallest absolute Gasteiger partial charge is 0.0439 e. The summed E-state index contributed by atoms with van der Waals surface area (Å²) in [6, 6.07) is 6.30. The van der Waals surface area contributed by atoms with E-state index in [-0.39, 0.29) is 5.41 Å². The number of nitrogens with one attached hydrogen (secondary N) is 1. The van der Waals surface area contributed by atoms with Crippen molar-refractivity contribution in [2.45, 2.75) is 33.7 Å². The number of hydrogen-bond donors (Lipinski definition) is 2. The van der Waals surface area contributed by atoms with Crippen molar-refractivity contribution >= 4 is 22.1 Å². The minimum absolute atomic E-state index is 0.204. The molecule has 1 unspecified atom stereocenters. The Morgan fingerprint density at radius 1 is 1.17 bits per heavy atom. The first-order valence-corrected chi connectivity index (χ1v) is 6.28. The highest BCUT2D eigenvalue weighted by atomic mass is 14.9. The zero-order valence-electron chi connectivity index (χ0n) is 11.5. The van der Waals surface area contributed by atoms with Crippen molar-refractivity contribution in [2.75, 3.05) is 11.1 Å². The van der Waals surface area contributed by atoms with Crippen LogP contribution in [-0.2, 0) is 0 Å². The van der Waals surface area contributed by atoms with E-state index >= 15 is 0 Å². The third-order valence-corrected chi connectivity index (χ3v) is 3.52. The summed E-state index contributed by atoms with van der Waals surface area (Å²) in [5.41, 5.74) is 8.08. The topological polar surface area (TPSA) is 50.9 Å². The predicted octanol–water partition coefficient (Wildman–Crippen LogP) is 3.66. The van der Waals surface area contributed by atoms with E-state index in [2.05, 4.69) is 38.0 Å². The standard InChI is InChI=1S/C15H21N3/c1-10(15(2,3)4)18-14-6-5-13(16)11-7-8-17-9-12(11)14/h5-10,18H,16H2,1-4H3. The Morgan fingerprint density at radius 2 is 1.89 bits per heavy atom. The fourth-order valence-electron chi connectivity index (χ4n) is 1.79. The molecular weight excluding hydrogens is 222 g/mol. The number of aromatic nitrogens is 1. The number of benzene rings is 1. The third kappa shape index (κ3) is 2.40. The molecule has 2 aromatic rings. The summed E-state index contributed by atoms with van der Waals surface area (Å²) < 4.78 is 0. The van der Waals surface area contributed by atoms with Crippen molar-refractivity contribution in [1.29, 1.82) is 0 Å². The summed E-state index contributed by atoms with van der Waals surface area (Å²) in [7, 11) is 0. The van der Waals surface area contributed by atoms with Crippen molar-refractivity contribution in [1.82, 2.24) is 4.98 Å². The van der Waals surface area contributed by atoms with Gasteiger partial charge in [-0.2, -0.15) is 0 Å². The van der Waals surface area contributed by atoms with Crippen LogP contribution in [0.15, 0.2) is 30.6 Å². The molecule has 0 fully saturated rings. The van der Waals surface area contributed by atoms with Gasteiger partial charge in [0.2, 0.25) is 0 Å². The molecule has 0 radical (unpaired) electrons. The van der Waals surface area contributed by atoms with Crippen LogP contribution in [0, 0.1) is 5.41 Å². The molecule has 3 heteroatoms. The zero-order chi connectivity index (χ0) is 13.3. The molecule has 18 heavy (non-hydrogen) atoms. The van der Waals surface area contributed by atoms with Gasteiger partial charge in [-0.05, 0) is 30.5 Å². The molecule has 3 N–H and O–H groups in total. The Balaban J connectivity index is 2.44. The van der Waals surface area contributed by atoms with Gasteiger partial charge in [0, 0.05) is 40.6 Å². The van der Waals surface area contributed by atoms with Crippen LogP contribution in [0.2, 0.25) is 0 Å². The second-order valence-corrected chi connectivity index (χ2v) is 5.86. The lowest BCUT2D eigenvalue weighted by atomic mass is 9.88. The van der Waals surface area contributed by atoms with Crippen LogP contribution in [0.25, 0.3) is 10.8 Å². The van der Waals surface area contributed by atoms with Gasteiger partial charge >= 0.3 is 0 Å². The van der Waals surface area contributed by atoms with Gasteiger partial charge in [-0.3, -0.25) is 4.98 Å². The van der Waals surface area contributed by atoms with E-state index in [0.29, 0.717) is 6.04 Å². The molecule has 1 aromatic carbocycles. The third-order valence-electron chi connectivity index (χ3n) is 3.52. The Morgan fingerprint density at radius 3 is 2.56 bits per heavy atom. The largest absolute Gasteiger partial charge is 0.398 e.